The molecule has 3 saturated heterocycles. The first-order valence-corrected chi connectivity index (χ1v) is 14.8. The first kappa shape index (κ1) is 30.5. The molecule has 9 heteroatoms. The van der Waals surface area contributed by atoms with Gasteiger partial charge >= 0.3 is 0 Å². The molecule has 43 heavy (non-hydrogen) atoms. The molecule has 3 aliphatic rings. The van der Waals surface area contributed by atoms with Crippen molar-refractivity contribution in [3.8, 4) is 5.75 Å². The molecular weight excluding hydrogens is 546 g/mol. The Morgan fingerprint density at radius 2 is 1.65 bits per heavy atom. The highest BCUT2D eigenvalue weighted by Gasteiger charge is 2.80. The van der Waals surface area contributed by atoms with Crippen LogP contribution in [0.4, 0.5) is 11.4 Å². The third-order valence-electron chi connectivity index (χ3n) is 9.60. The maximum absolute atomic E-state index is 14.7. The van der Waals surface area contributed by atoms with Gasteiger partial charge < -0.3 is 29.3 Å². The molecule has 228 valence electrons. The molecule has 2 bridgehead atoms. The summed E-state index contributed by atoms with van der Waals surface area (Å²) in [5.41, 5.74) is -0.942. The van der Waals surface area contributed by atoms with E-state index in [1.807, 2.05) is 44.2 Å². The summed E-state index contributed by atoms with van der Waals surface area (Å²) in [6.07, 6.45) is 3.71. The van der Waals surface area contributed by atoms with Crippen molar-refractivity contribution in [3.63, 3.8) is 0 Å². The van der Waals surface area contributed by atoms with E-state index in [0.29, 0.717) is 23.5 Å². The van der Waals surface area contributed by atoms with Crippen LogP contribution in [0.5, 0.6) is 5.75 Å². The van der Waals surface area contributed by atoms with Crippen LogP contribution >= 0.6 is 0 Å². The van der Waals surface area contributed by atoms with Crippen LogP contribution in [-0.4, -0.2) is 77.8 Å². The standard InChI is InChI=1S/C34H41N3O6/c1-7-18-35(24-12-10-9-11-13-24)30(39)27-28-31(40)37(23(4)21-38)29(34(28)20-22(3)33(27,5)43-34)32(41)36(19-8-2)25-14-16-26(42-6)17-15-25/h7-17,22-23,27-29,38H,1-2,18-21H2,3-6H3/t22?,23-,27+,28+,29?,33-,34?/m1/s1. The summed E-state index contributed by atoms with van der Waals surface area (Å²) in [4.78, 5) is 48.5. The molecule has 9 nitrogen and oxygen atoms in total. The SMILES string of the molecule is C=CCN(C(=O)C1N([C@H](C)CO)C(=O)[C@@H]2[C@@H](C(=O)N(CC=C)c3ccccc3)[C@]3(C)OC12CC3C)c1ccc(OC)cc1. The fraction of sp³-hybridized carbons (Fsp3) is 0.441. The molecule has 2 aromatic rings. The van der Waals surface area contributed by atoms with E-state index in [2.05, 4.69) is 13.2 Å². The third kappa shape index (κ3) is 4.66. The molecule has 0 aromatic heterocycles. The number of likely N-dealkylation sites (tertiary alicyclic amines) is 1. The smallest absolute Gasteiger partial charge is 0.253 e. The Bertz CT molecular complexity index is 1400. The van der Waals surface area contributed by atoms with E-state index in [-0.39, 0.29) is 43.3 Å². The summed E-state index contributed by atoms with van der Waals surface area (Å²) >= 11 is 0. The molecule has 3 unspecified atom stereocenters. The number of aliphatic hydroxyl groups is 1. The number of hydrogen-bond donors (Lipinski definition) is 1. The van der Waals surface area contributed by atoms with Gasteiger partial charge in [0.15, 0.2) is 0 Å². The number of anilines is 2. The minimum Gasteiger partial charge on any atom is -0.497 e. The second kappa shape index (κ2) is 11.6. The van der Waals surface area contributed by atoms with Crippen LogP contribution in [0.2, 0.25) is 0 Å². The molecule has 0 aliphatic carbocycles. The van der Waals surface area contributed by atoms with Crippen LogP contribution in [0.15, 0.2) is 79.9 Å². The van der Waals surface area contributed by atoms with Gasteiger partial charge in [0.1, 0.15) is 17.4 Å². The number of ether oxygens (including phenoxy) is 2. The summed E-state index contributed by atoms with van der Waals surface area (Å²) in [7, 11) is 1.57. The number of aliphatic hydroxyl groups excluding tert-OH is 1. The van der Waals surface area contributed by atoms with Gasteiger partial charge in [-0.25, -0.2) is 0 Å². The average Bonchev–Trinajstić information content (AvgIpc) is 3.54. The molecule has 3 fully saturated rings. The normalized spacial score (nSPS) is 29.6. The molecular formula is C34H41N3O6. The van der Waals surface area contributed by atoms with Gasteiger partial charge in [0.25, 0.3) is 5.91 Å². The van der Waals surface area contributed by atoms with Crippen LogP contribution in [0, 0.1) is 17.8 Å². The van der Waals surface area contributed by atoms with Gasteiger partial charge in [0.2, 0.25) is 11.8 Å². The Hall–Kier alpha value is -3.95. The lowest BCUT2D eigenvalue weighted by Crippen LogP contribution is -2.58. The molecule has 1 spiro atoms. The Balaban J connectivity index is 1.62. The largest absolute Gasteiger partial charge is 0.497 e. The van der Waals surface area contributed by atoms with E-state index < -0.39 is 35.1 Å². The summed E-state index contributed by atoms with van der Waals surface area (Å²) in [6, 6.07) is 14.6. The van der Waals surface area contributed by atoms with Gasteiger partial charge in [-0.15, -0.1) is 13.2 Å². The van der Waals surface area contributed by atoms with Crippen LogP contribution in [-0.2, 0) is 19.1 Å². The van der Waals surface area contributed by atoms with Crippen molar-refractivity contribution in [1.82, 2.24) is 4.90 Å². The van der Waals surface area contributed by atoms with E-state index in [1.165, 1.54) is 4.90 Å². The van der Waals surface area contributed by atoms with Gasteiger partial charge in [-0.2, -0.15) is 0 Å². The van der Waals surface area contributed by atoms with Crippen LogP contribution < -0.4 is 14.5 Å². The topological polar surface area (TPSA) is 99.6 Å². The maximum Gasteiger partial charge on any atom is 0.253 e. The van der Waals surface area contributed by atoms with Gasteiger partial charge in [-0.05, 0) is 62.6 Å². The third-order valence-corrected chi connectivity index (χ3v) is 9.60. The number of carbonyl (C=O) groups excluding carboxylic acids is 3. The van der Waals surface area contributed by atoms with Gasteiger partial charge in [0, 0.05) is 24.5 Å². The number of fused-ring (bicyclic) bond motifs is 1. The molecule has 1 N–H and O–H groups in total. The lowest BCUT2D eigenvalue weighted by molar-refractivity contribution is -0.148. The Morgan fingerprint density at radius 3 is 2.21 bits per heavy atom. The van der Waals surface area contributed by atoms with Crippen LogP contribution in [0.25, 0.3) is 0 Å². The number of carbonyl (C=O) groups is 3. The number of hydrogen-bond acceptors (Lipinski definition) is 6. The first-order valence-electron chi connectivity index (χ1n) is 14.8. The lowest BCUT2D eigenvalue weighted by Gasteiger charge is -2.39. The van der Waals surface area contributed by atoms with E-state index >= 15 is 0 Å². The fourth-order valence-corrected chi connectivity index (χ4v) is 7.48. The number of rotatable bonds is 11. The predicted octanol–water partition coefficient (Wildman–Crippen LogP) is 3.82. The number of para-hydroxylation sites is 1. The van der Waals surface area contributed by atoms with Gasteiger partial charge in [-0.3, -0.25) is 14.4 Å². The Labute approximate surface area is 253 Å². The zero-order chi connectivity index (χ0) is 31.1. The molecule has 2 aromatic carbocycles. The van der Waals surface area contributed by atoms with Crippen molar-refractivity contribution in [2.75, 3.05) is 36.6 Å². The molecule has 5 rings (SSSR count). The number of benzene rings is 2. The number of nitrogens with zero attached hydrogens (tertiary/aromatic N) is 3. The highest BCUT2D eigenvalue weighted by atomic mass is 16.5. The molecule has 3 aliphatic heterocycles. The molecule has 7 atom stereocenters. The van der Waals surface area contributed by atoms with Crippen LogP contribution in [0.3, 0.4) is 0 Å². The number of methoxy groups -OCH3 is 1. The highest BCUT2D eigenvalue weighted by Crippen LogP contribution is 2.66. The zero-order valence-corrected chi connectivity index (χ0v) is 25.3. The van der Waals surface area contributed by atoms with Crippen molar-refractivity contribution in [2.45, 2.75) is 50.5 Å². The quantitative estimate of drug-likeness (QED) is 0.402. The van der Waals surface area contributed by atoms with Gasteiger partial charge in [-0.1, -0.05) is 37.3 Å². The molecule has 3 amide bonds. The molecule has 0 saturated carbocycles. The van der Waals surface area contributed by atoms with E-state index in [1.54, 1.807) is 60.3 Å². The molecule has 0 radical (unpaired) electrons. The number of amides is 3. The summed E-state index contributed by atoms with van der Waals surface area (Å²) in [5, 5.41) is 10.3. The van der Waals surface area contributed by atoms with E-state index in [4.69, 9.17) is 9.47 Å². The molecule has 3 heterocycles. The van der Waals surface area contributed by atoms with Crippen molar-refractivity contribution < 1.29 is 29.0 Å². The Kier molecular flexibility index (Phi) is 8.24. The summed E-state index contributed by atoms with van der Waals surface area (Å²) in [5.74, 6) is -2.18. The van der Waals surface area contributed by atoms with Crippen molar-refractivity contribution >= 4 is 29.1 Å². The van der Waals surface area contributed by atoms with E-state index in [0.717, 1.165) is 0 Å². The lowest BCUT2D eigenvalue weighted by atomic mass is 9.62. The maximum atomic E-state index is 14.7. The van der Waals surface area contributed by atoms with Crippen molar-refractivity contribution in [2.24, 2.45) is 17.8 Å². The van der Waals surface area contributed by atoms with E-state index in [9.17, 15) is 19.5 Å². The Morgan fingerprint density at radius 1 is 1.07 bits per heavy atom. The fourth-order valence-electron chi connectivity index (χ4n) is 7.48. The second-order valence-electron chi connectivity index (χ2n) is 12.0. The minimum absolute atomic E-state index is 0.125. The predicted molar refractivity (Wildman–Crippen MR) is 165 cm³/mol. The highest BCUT2D eigenvalue weighted by molar-refractivity contribution is 6.07. The van der Waals surface area contributed by atoms with Crippen LogP contribution in [0.1, 0.15) is 27.2 Å². The monoisotopic (exact) mass is 587 g/mol. The summed E-state index contributed by atoms with van der Waals surface area (Å²) in [6.45, 7) is 13.4. The van der Waals surface area contributed by atoms with Crippen molar-refractivity contribution in [3.05, 3.63) is 79.9 Å². The second-order valence-corrected chi connectivity index (χ2v) is 12.0. The van der Waals surface area contributed by atoms with Gasteiger partial charge in [0.05, 0.1) is 37.2 Å². The minimum atomic E-state index is -1.26. The first-order chi connectivity index (χ1) is 20.6. The van der Waals surface area contributed by atoms with Crippen molar-refractivity contribution in [1.29, 1.82) is 0 Å². The summed E-state index contributed by atoms with van der Waals surface area (Å²) < 4.78 is 12.2. The zero-order valence-electron chi connectivity index (χ0n) is 25.3. The average molecular weight is 588 g/mol.